The molecule has 1 fully saturated rings. The maximum atomic E-state index is 13.4. The van der Waals surface area contributed by atoms with Gasteiger partial charge in [-0.3, -0.25) is 9.69 Å². The van der Waals surface area contributed by atoms with Crippen LogP contribution in [-0.4, -0.2) is 10.2 Å². The largest absolute Gasteiger partial charge is 0.450 e. The molecule has 0 unspecified atom stereocenters. The topological polar surface area (TPSA) is 33.5 Å². The molecular formula is C20H11ClFNO2S3. The summed E-state index contributed by atoms with van der Waals surface area (Å²) in [6.45, 7) is 0. The zero-order valence-electron chi connectivity index (χ0n) is 14.1. The molecule has 0 atom stereocenters. The molecule has 0 aliphatic carbocycles. The fourth-order valence-electron chi connectivity index (χ4n) is 2.52. The van der Waals surface area contributed by atoms with Gasteiger partial charge in [0, 0.05) is 11.0 Å². The van der Waals surface area contributed by atoms with Gasteiger partial charge in [0.1, 0.15) is 11.6 Å². The van der Waals surface area contributed by atoms with Crippen LogP contribution < -0.4 is 4.90 Å². The predicted molar refractivity (Wildman–Crippen MR) is 116 cm³/mol. The van der Waals surface area contributed by atoms with Crippen LogP contribution in [0.1, 0.15) is 5.76 Å². The Bertz CT molecular complexity index is 1100. The van der Waals surface area contributed by atoms with Crippen molar-refractivity contribution in [1.82, 2.24) is 0 Å². The minimum atomic E-state index is -0.551. The Morgan fingerprint density at radius 1 is 1.14 bits per heavy atom. The Labute approximate surface area is 179 Å². The summed E-state index contributed by atoms with van der Waals surface area (Å²) < 4.78 is 19.6. The van der Waals surface area contributed by atoms with Crippen molar-refractivity contribution in [1.29, 1.82) is 0 Å². The molecule has 1 saturated heterocycles. The van der Waals surface area contributed by atoms with E-state index in [-0.39, 0.29) is 10.9 Å². The molecule has 4 rings (SSSR count). The highest BCUT2D eigenvalue weighted by Gasteiger charge is 2.33. The van der Waals surface area contributed by atoms with Crippen LogP contribution in [0, 0.1) is 5.82 Å². The zero-order valence-corrected chi connectivity index (χ0v) is 17.3. The van der Waals surface area contributed by atoms with E-state index in [1.165, 1.54) is 34.9 Å². The second-order valence-corrected chi connectivity index (χ2v) is 8.85. The van der Waals surface area contributed by atoms with Gasteiger partial charge in [0.25, 0.3) is 5.91 Å². The van der Waals surface area contributed by atoms with Crippen LogP contribution in [0.2, 0.25) is 5.02 Å². The Balaban J connectivity index is 1.55. The summed E-state index contributed by atoms with van der Waals surface area (Å²) >= 11 is 13.8. The van der Waals surface area contributed by atoms with E-state index in [0.717, 1.165) is 21.7 Å². The molecule has 0 radical (unpaired) electrons. The van der Waals surface area contributed by atoms with Gasteiger partial charge in [-0.15, -0.1) is 0 Å². The van der Waals surface area contributed by atoms with E-state index in [1.807, 2.05) is 36.4 Å². The van der Waals surface area contributed by atoms with Crippen molar-refractivity contribution in [3.63, 3.8) is 0 Å². The second-order valence-electron chi connectivity index (χ2n) is 5.69. The lowest BCUT2D eigenvalue weighted by Gasteiger charge is -2.14. The summed E-state index contributed by atoms with van der Waals surface area (Å²) in [5.41, 5.74) is 0.428. The number of amides is 1. The summed E-state index contributed by atoms with van der Waals surface area (Å²) in [6.07, 6.45) is 1.65. The van der Waals surface area contributed by atoms with E-state index in [9.17, 15) is 9.18 Å². The van der Waals surface area contributed by atoms with Gasteiger partial charge < -0.3 is 4.42 Å². The first-order valence-electron chi connectivity index (χ1n) is 8.07. The average molecular weight is 448 g/mol. The average Bonchev–Trinajstić information content (AvgIpc) is 3.22. The fraction of sp³-hybridized carbons (Fsp3) is 0. The van der Waals surface area contributed by atoms with E-state index in [2.05, 4.69) is 0 Å². The van der Waals surface area contributed by atoms with Gasteiger partial charge in [-0.1, -0.05) is 65.5 Å². The molecule has 1 aromatic heterocycles. The number of halogens is 2. The van der Waals surface area contributed by atoms with Crippen molar-refractivity contribution in [2.24, 2.45) is 0 Å². The molecule has 2 heterocycles. The fourth-order valence-corrected chi connectivity index (χ4v) is 4.77. The number of furan rings is 1. The van der Waals surface area contributed by atoms with Crippen molar-refractivity contribution in [2.45, 2.75) is 9.99 Å². The lowest BCUT2D eigenvalue weighted by molar-refractivity contribution is -0.113. The molecule has 8 heteroatoms. The van der Waals surface area contributed by atoms with E-state index in [4.69, 9.17) is 28.2 Å². The number of benzene rings is 2. The molecule has 2 aromatic carbocycles. The van der Waals surface area contributed by atoms with Gasteiger partial charge in [0.2, 0.25) is 0 Å². The third-order valence-corrected chi connectivity index (χ3v) is 6.31. The number of rotatable bonds is 4. The number of hydrogen-bond acceptors (Lipinski definition) is 5. The maximum Gasteiger partial charge on any atom is 0.270 e. The summed E-state index contributed by atoms with van der Waals surface area (Å²) in [5.74, 6) is -0.298. The third kappa shape index (κ3) is 4.03. The highest BCUT2D eigenvalue weighted by atomic mass is 35.5. The monoisotopic (exact) mass is 447 g/mol. The molecule has 28 heavy (non-hydrogen) atoms. The molecule has 1 aliphatic heterocycles. The minimum absolute atomic E-state index is 0.0656. The lowest BCUT2D eigenvalue weighted by Crippen LogP contribution is -2.27. The number of nitrogens with zero attached hydrogens (tertiary/aromatic N) is 1. The first-order chi connectivity index (χ1) is 13.5. The second kappa shape index (κ2) is 8.13. The highest BCUT2D eigenvalue weighted by Crippen LogP contribution is 2.38. The van der Waals surface area contributed by atoms with Crippen molar-refractivity contribution in [3.8, 4) is 0 Å². The molecule has 0 saturated carbocycles. The van der Waals surface area contributed by atoms with E-state index in [0.29, 0.717) is 20.7 Å². The van der Waals surface area contributed by atoms with E-state index >= 15 is 0 Å². The quantitative estimate of drug-likeness (QED) is 0.331. The molecule has 3 aromatic rings. The molecule has 3 nitrogen and oxygen atoms in total. The molecule has 1 amide bonds. The van der Waals surface area contributed by atoms with Crippen molar-refractivity contribution in [2.75, 3.05) is 4.90 Å². The number of thioether (sulfide) groups is 1. The Morgan fingerprint density at radius 3 is 2.68 bits per heavy atom. The van der Waals surface area contributed by atoms with E-state index in [1.54, 1.807) is 12.1 Å². The van der Waals surface area contributed by atoms with Crippen molar-refractivity contribution in [3.05, 3.63) is 82.2 Å². The summed E-state index contributed by atoms with van der Waals surface area (Å²) in [5, 5.41) is 0.655. The lowest BCUT2D eigenvalue weighted by atomic mass is 10.2. The van der Waals surface area contributed by atoms with Crippen LogP contribution in [0.3, 0.4) is 0 Å². The van der Waals surface area contributed by atoms with Gasteiger partial charge in [-0.25, -0.2) is 4.39 Å². The van der Waals surface area contributed by atoms with Gasteiger partial charge in [0.15, 0.2) is 9.41 Å². The van der Waals surface area contributed by atoms with Gasteiger partial charge >= 0.3 is 0 Å². The normalized spacial score (nSPS) is 15.6. The van der Waals surface area contributed by atoms with Crippen LogP contribution >= 0.6 is 47.3 Å². The van der Waals surface area contributed by atoms with E-state index < -0.39 is 5.82 Å². The first kappa shape index (κ1) is 19.3. The number of carbonyl (C=O) groups is 1. The molecular weight excluding hydrogens is 437 g/mol. The van der Waals surface area contributed by atoms with Crippen LogP contribution in [0.4, 0.5) is 10.1 Å². The molecule has 0 bridgehead atoms. The third-order valence-electron chi connectivity index (χ3n) is 3.79. The zero-order chi connectivity index (χ0) is 19.7. The Hall–Kier alpha value is -2.06. The Morgan fingerprint density at radius 2 is 1.93 bits per heavy atom. The number of hydrogen-bond donors (Lipinski definition) is 0. The predicted octanol–water partition coefficient (Wildman–Crippen LogP) is 6.63. The van der Waals surface area contributed by atoms with Gasteiger partial charge in [-0.05, 0) is 42.5 Å². The van der Waals surface area contributed by atoms with Gasteiger partial charge in [-0.2, -0.15) is 0 Å². The van der Waals surface area contributed by atoms with Gasteiger partial charge in [0.05, 0.1) is 15.6 Å². The Kier molecular flexibility index (Phi) is 5.59. The maximum absolute atomic E-state index is 13.4. The minimum Gasteiger partial charge on any atom is -0.450 e. The molecule has 140 valence electrons. The number of anilines is 1. The van der Waals surface area contributed by atoms with Crippen LogP contribution in [-0.2, 0) is 4.79 Å². The summed E-state index contributed by atoms with van der Waals surface area (Å²) in [4.78, 5) is 15.6. The molecule has 0 N–H and O–H groups in total. The smallest absolute Gasteiger partial charge is 0.270 e. The number of thiocarbonyl (C=S) groups is 1. The van der Waals surface area contributed by atoms with Crippen LogP contribution in [0.25, 0.3) is 6.08 Å². The molecule has 0 spiro atoms. The standard InChI is InChI=1S/C20H11ClFNO2S3/c21-15-10-12(6-8-16(15)22)23-19(24)17(28-20(23)26)11-13-7-9-18(25-13)27-14-4-2-1-3-5-14/h1-11H/b17-11+. The number of carbonyl (C=O) groups excluding carboxylic acids is 1. The SMILES string of the molecule is O=C1/C(=C\c2ccc(Sc3ccccc3)o2)SC(=S)N1c1ccc(F)c(Cl)c1. The first-order valence-corrected chi connectivity index (χ1v) is 10.5. The van der Waals surface area contributed by atoms with Crippen LogP contribution in [0.5, 0.6) is 0 Å². The van der Waals surface area contributed by atoms with Crippen molar-refractivity contribution < 1.29 is 13.6 Å². The van der Waals surface area contributed by atoms with Crippen LogP contribution in [0.15, 0.2) is 80.0 Å². The summed E-state index contributed by atoms with van der Waals surface area (Å²) in [7, 11) is 0. The highest BCUT2D eigenvalue weighted by molar-refractivity contribution is 8.27. The molecule has 1 aliphatic rings. The summed E-state index contributed by atoms with van der Waals surface area (Å²) in [6, 6.07) is 17.6. The van der Waals surface area contributed by atoms with Crippen molar-refractivity contribution >= 4 is 69.3 Å².